The van der Waals surface area contributed by atoms with Crippen LogP contribution in [0.15, 0.2) is 0 Å². The molecule has 0 amide bonds. The van der Waals surface area contributed by atoms with E-state index in [0.29, 0.717) is 39.0 Å². The number of aliphatic hydroxyl groups is 1. The minimum atomic E-state index is -2.63. The van der Waals surface area contributed by atoms with Crippen LogP contribution >= 0.6 is 36.6 Å². The Morgan fingerprint density at radius 2 is 1.82 bits per heavy atom. The van der Waals surface area contributed by atoms with Gasteiger partial charge >= 0.3 is 17.4 Å². The first-order chi connectivity index (χ1) is 16.2. The second kappa shape index (κ2) is 18.3. The van der Waals surface area contributed by atoms with Crippen molar-refractivity contribution in [2.24, 2.45) is 17.8 Å². The summed E-state index contributed by atoms with van der Waals surface area (Å²) in [6.07, 6.45) is 4.03. The average molecular weight is 573 g/mol. The summed E-state index contributed by atoms with van der Waals surface area (Å²) < 4.78 is 32.4. The fourth-order valence-electron chi connectivity index (χ4n) is 3.27. The number of hydrogen-bond acceptors (Lipinski definition) is 9. The number of thioether (sulfide) groups is 1. The molecule has 0 aromatic carbocycles. The van der Waals surface area contributed by atoms with E-state index in [2.05, 4.69) is 39.9 Å². The molecule has 1 saturated heterocycles. The summed E-state index contributed by atoms with van der Waals surface area (Å²) >= 11 is 11.5. The van der Waals surface area contributed by atoms with Gasteiger partial charge in [0.25, 0.3) is 0 Å². The molecule has 1 aliphatic heterocycles. The molecule has 1 fully saturated rings. The SMILES string of the molecule is CCCC(=S)SCCC[Si](C)(OCC(C)CO)OCC(C)CO[Si]1(CCCS)OCC(C)CO1. The van der Waals surface area contributed by atoms with Crippen LogP contribution in [0.25, 0.3) is 0 Å². The molecule has 1 aliphatic rings. The first kappa shape index (κ1) is 33.0. The largest absolute Gasteiger partial charge is 0.501 e. The molecule has 0 spiro atoms. The Morgan fingerprint density at radius 3 is 2.41 bits per heavy atom. The van der Waals surface area contributed by atoms with E-state index in [1.165, 1.54) is 0 Å². The van der Waals surface area contributed by atoms with E-state index < -0.39 is 17.4 Å². The third-order valence-corrected chi connectivity index (χ3v) is 13.0. The Morgan fingerprint density at radius 1 is 1.18 bits per heavy atom. The van der Waals surface area contributed by atoms with Gasteiger partial charge in [-0.15, -0.1) is 11.8 Å². The summed E-state index contributed by atoms with van der Waals surface area (Å²) in [6, 6.07) is 1.72. The minimum Gasteiger partial charge on any atom is -0.396 e. The highest BCUT2D eigenvalue weighted by Crippen LogP contribution is 2.26. The van der Waals surface area contributed by atoms with Crippen LogP contribution in [0, 0.1) is 17.8 Å². The van der Waals surface area contributed by atoms with E-state index in [0.717, 1.165) is 53.5 Å². The van der Waals surface area contributed by atoms with Gasteiger partial charge < -0.3 is 27.2 Å². The summed E-state index contributed by atoms with van der Waals surface area (Å²) in [6.45, 7) is 13.7. The Balaban J connectivity index is 2.56. The Hall–Kier alpha value is 0.984. The maximum Gasteiger partial charge on any atom is 0.501 e. The zero-order valence-corrected chi connectivity index (χ0v) is 26.4. The monoisotopic (exact) mass is 572 g/mol. The maximum atomic E-state index is 9.41. The van der Waals surface area contributed by atoms with Gasteiger partial charge in [0, 0.05) is 67.6 Å². The van der Waals surface area contributed by atoms with E-state index in [-0.39, 0.29) is 18.4 Å². The molecule has 0 aliphatic carbocycles. The highest BCUT2D eigenvalue weighted by molar-refractivity contribution is 8.23. The number of thiol groups is 1. The molecule has 0 saturated carbocycles. The van der Waals surface area contributed by atoms with Crippen LogP contribution in [0.4, 0.5) is 0 Å². The van der Waals surface area contributed by atoms with Crippen LogP contribution in [-0.2, 0) is 22.1 Å². The van der Waals surface area contributed by atoms with E-state index in [4.69, 9.17) is 34.3 Å². The lowest BCUT2D eigenvalue weighted by molar-refractivity contribution is -0.0135. The molecule has 1 rings (SSSR count). The summed E-state index contributed by atoms with van der Waals surface area (Å²) in [4.78, 5) is 0. The molecule has 1 N–H and O–H groups in total. The van der Waals surface area contributed by atoms with E-state index in [1.807, 2.05) is 6.92 Å². The maximum absolute atomic E-state index is 9.41. The van der Waals surface area contributed by atoms with Gasteiger partial charge in [0.1, 0.15) is 0 Å². The van der Waals surface area contributed by atoms with Crippen LogP contribution < -0.4 is 0 Å². The molecule has 202 valence electrons. The van der Waals surface area contributed by atoms with Crippen LogP contribution in [-0.4, -0.2) is 77.8 Å². The third-order valence-electron chi connectivity index (χ3n) is 5.55. The third kappa shape index (κ3) is 14.1. The standard InChI is InChI=1S/C23H48O6S3Si2/c1-6-9-23(31)32-11-8-12-33(5,25-15-20(2)14-24)26-16-21(3)17-27-34(13-7-10-30)28-18-22(4)19-29-34/h20-22,24,30H,6-19H2,1-5H3. The molecule has 0 radical (unpaired) electrons. The van der Waals surface area contributed by atoms with Crippen molar-refractivity contribution in [3.63, 3.8) is 0 Å². The Bertz CT molecular complexity index is 549. The number of aliphatic hydroxyl groups excluding tert-OH is 1. The molecule has 3 atom stereocenters. The van der Waals surface area contributed by atoms with Gasteiger partial charge in [0.15, 0.2) is 0 Å². The first-order valence-electron chi connectivity index (χ1n) is 12.7. The Labute approximate surface area is 225 Å². The van der Waals surface area contributed by atoms with Crippen LogP contribution in [0.2, 0.25) is 18.6 Å². The number of rotatable bonds is 19. The molecule has 11 heteroatoms. The van der Waals surface area contributed by atoms with Crippen molar-refractivity contribution in [1.29, 1.82) is 0 Å². The van der Waals surface area contributed by atoms with Crippen molar-refractivity contribution in [3.05, 3.63) is 0 Å². The van der Waals surface area contributed by atoms with Crippen LogP contribution in [0.1, 0.15) is 53.4 Å². The lowest BCUT2D eigenvalue weighted by Crippen LogP contribution is -2.52. The summed E-state index contributed by atoms with van der Waals surface area (Å²) in [5.74, 6) is 2.50. The van der Waals surface area contributed by atoms with Gasteiger partial charge in [0.2, 0.25) is 0 Å². The summed E-state index contributed by atoms with van der Waals surface area (Å²) in [5.41, 5.74) is 0. The first-order valence-corrected chi connectivity index (χ1v) is 19.2. The molecule has 0 aromatic rings. The molecule has 6 nitrogen and oxygen atoms in total. The molecular weight excluding hydrogens is 525 g/mol. The van der Waals surface area contributed by atoms with E-state index in [1.54, 1.807) is 11.8 Å². The van der Waals surface area contributed by atoms with E-state index >= 15 is 0 Å². The van der Waals surface area contributed by atoms with Crippen LogP contribution in [0.5, 0.6) is 0 Å². The van der Waals surface area contributed by atoms with Crippen molar-refractivity contribution in [2.45, 2.75) is 72.0 Å². The molecular formula is C23H48O6S3Si2. The fourth-order valence-corrected chi connectivity index (χ4v) is 10.7. The summed E-state index contributed by atoms with van der Waals surface area (Å²) in [7, 11) is -5.01. The zero-order valence-electron chi connectivity index (χ0n) is 21.9. The minimum absolute atomic E-state index is 0.100. The predicted octanol–water partition coefficient (Wildman–Crippen LogP) is 5.57. The fraction of sp³-hybridized carbons (Fsp3) is 0.957. The van der Waals surface area contributed by atoms with Crippen molar-refractivity contribution < 1.29 is 27.2 Å². The number of thiocarbonyl (C=S) groups is 1. The molecule has 1 heterocycles. The van der Waals surface area contributed by atoms with Gasteiger partial charge in [-0.3, -0.25) is 0 Å². The predicted molar refractivity (Wildman–Crippen MR) is 154 cm³/mol. The molecule has 0 aromatic heterocycles. The van der Waals surface area contributed by atoms with Crippen molar-refractivity contribution in [1.82, 2.24) is 0 Å². The zero-order chi connectivity index (χ0) is 25.5. The lowest BCUT2D eigenvalue weighted by Gasteiger charge is -2.36. The summed E-state index contributed by atoms with van der Waals surface area (Å²) in [5, 5.41) is 9.41. The molecule has 34 heavy (non-hydrogen) atoms. The quantitative estimate of drug-likeness (QED) is 0.0902. The smallest absolute Gasteiger partial charge is 0.396 e. The topological polar surface area (TPSA) is 66.4 Å². The van der Waals surface area contributed by atoms with Gasteiger partial charge in [-0.25, -0.2) is 0 Å². The lowest BCUT2D eigenvalue weighted by atomic mass is 10.2. The van der Waals surface area contributed by atoms with Crippen LogP contribution in [0.3, 0.4) is 0 Å². The highest BCUT2D eigenvalue weighted by Gasteiger charge is 2.44. The average Bonchev–Trinajstić information content (AvgIpc) is 2.83. The normalized spacial score (nSPS) is 24.5. The van der Waals surface area contributed by atoms with Crippen molar-refractivity contribution in [3.8, 4) is 0 Å². The van der Waals surface area contributed by atoms with E-state index in [9.17, 15) is 5.11 Å². The molecule has 0 bridgehead atoms. The second-order valence-electron chi connectivity index (χ2n) is 9.77. The van der Waals surface area contributed by atoms with Gasteiger partial charge in [-0.1, -0.05) is 46.3 Å². The molecule has 3 unspecified atom stereocenters. The van der Waals surface area contributed by atoms with Gasteiger partial charge in [-0.2, -0.15) is 12.6 Å². The second-order valence-corrected chi connectivity index (χ2v) is 18.2. The van der Waals surface area contributed by atoms with Crippen molar-refractivity contribution in [2.75, 3.05) is 51.1 Å². The van der Waals surface area contributed by atoms with Gasteiger partial charge in [-0.05, 0) is 43.4 Å². The highest BCUT2D eigenvalue weighted by atomic mass is 32.2. The van der Waals surface area contributed by atoms with Crippen molar-refractivity contribution >= 4 is 58.2 Å². The van der Waals surface area contributed by atoms with Gasteiger partial charge in [0.05, 0.1) is 0 Å². The number of hydrogen-bond donors (Lipinski definition) is 2. The Kier molecular flexibility index (Phi) is 17.7.